The van der Waals surface area contributed by atoms with E-state index in [1.54, 1.807) is 12.1 Å². The van der Waals surface area contributed by atoms with Crippen molar-refractivity contribution in [1.29, 1.82) is 0 Å². The maximum absolute atomic E-state index is 13.8. The van der Waals surface area contributed by atoms with Gasteiger partial charge in [-0.2, -0.15) is 0 Å². The smallest absolute Gasteiger partial charge is 0.128 e. The molecule has 0 aliphatic heterocycles. The summed E-state index contributed by atoms with van der Waals surface area (Å²) in [6.07, 6.45) is 5.86. The molecule has 1 atom stereocenters. The first-order chi connectivity index (χ1) is 8.22. The van der Waals surface area contributed by atoms with E-state index >= 15 is 0 Å². The second-order valence-electron chi connectivity index (χ2n) is 4.71. The number of benzene rings is 1. The molecule has 17 heavy (non-hydrogen) atoms. The summed E-state index contributed by atoms with van der Waals surface area (Å²) in [6, 6.07) is 4.52. The molecule has 1 aliphatic rings. The Bertz CT molecular complexity index is 378. The SMILES string of the molecule is NNC(c1cc(Cl)ccc1F)C1CCCCC1. The Hall–Kier alpha value is -0.640. The van der Waals surface area contributed by atoms with Crippen LogP contribution in [-0.2, 0) is 0 Å². The minimum Gasteiger partial charge on any atom is -0.271 e. The number of hydrazine groups is 1. The lowest BCUT2D eigenvalue weighted by Crippen LogP contribution is -2.35. The van der Waals surface area contributed by atoms with Crippen molar-refractivity contribution in [3.8, 4) is 0 Å². The summed E-state index contributed by atoms with van der Waals surface area (Å²) in [7, 11) is 0. The van der Waals surface area contributed by atoms with E-state index in [9.17, 15) is 4.39 Å². The van der Waals surface area contributed by atoms with E-state index in [-0.39, 0.29) is 11.9 Å². The van der Waals surface area contributed by atoms with Crippen molar-refractivity contribution >= 4 is 11.6 Å². The van der Waals surface area contributed by atoms with E-state index < -0.39 is 0 Å². The lowest BCUT2D eigenvalue weighted by Gasteiger charge is -2.30. The third kappa shape index (κ3) is 2.97. The van der Waals surface area contributed by atoms with Crippen molar-refractivity contribution in [2.24, 2.45) is 11.8 Å². The molecule has 0 saturated heterocycles. The van der Waals surface area contributed by atoms with E-state index in [0.29, 0.717) is 16.5 Å². The highest BCUT2D eigenvalue weighted by Crippen LogP contribution is 2.35. The van der Waals surface area contributed by atoms with Crippen LogP contribution in [0.15, 0.2) is 18.2 Å². The Labute approximate surface area is 106 Å². The number of hydrogen-bond donors (Lipinski definition) is 2. The molecule has 0 heterocycles. The van der Waals surface area contributed by atoms with Gasteiger partial charge in [0.2, 0.25) is 0 Å². The summed E-state index contributed by atoms with van der Waals surface area (Å²) in [5.41, 5.74) is 3.35. The molecule has 2 rings (SSSR count). The average molecular weight is 257 g/mol. The molecule has 0 amide bonds. The maximum Gasteiger partial charge on any atom is 0.128 e. The second kappa shape index (κ2) is 5.80. The summed E-state index contributed by atoms with van der Waals surface area (Å²) in [6.45, 7) is 0. The molecule has 1 unspecified atom stereocenters. The van der Waals surface area contributed by atoms with Crippen molar-refractivity contribution in [1.82, 2.24) is 5.43 Å². The standard InChI is InChI=1S/C13H18ClFN2/c14-10-6-7-12(15)11(8-10)13(17-16)9-4-2-1-3-5-9/h6-9,13,17H,1-5,16H2. The summed E-state index contributed by atoms with van der Waals surface area (Å²) < 4.78 is 13.8. The molecule has 3 N–H and O–H groups in total. The zero-order valence-corrected chi connectivity index (χ0v) is 10.5. The number of halogens is 2. The molecule has 0 spiro atoms. The molecule has 1 aromatic carbocycles. The van der Waals surface area contributed by atoms with Gasteiger partial charge in [0.15, 0.2) is 0 Å². The third-order valence-corrected chi connectivity index (χ3v) is 3.83. The predicted molar refractivity (Wildman–Crippen MR) is 68.0 cm³/mol. The van der Waals surface area contributed by atoms with Gasteiger partial charge in [0.25, 0.3) is 0 Å². The monoisotopic (exact) mass is 256 g/mol. The molecule has 0 bridgehead atoms. The number of rotatable bonds is 3. The van der Waals surface area contributed by atoms with Gasteiger partial charge in [-0.3, -0.25) is 11.3 Å². The van der Waals surface area contributed by atoms with Crippen LogP contribution in [0.1, 0.15) is 43.7 Å². The first-order valence-corrected chi connectivity index (χ1v) is 6.51. The van der Waals surface area contributed by atoms with Crippen molar-refractivity contribution in [3.05, 3.63) is 34.6 Å². The first-order valence-electron chi connectivity index (χ1n) is 6.13. The number of nitrogens with one attached hydrogen (secondary N) is 1. The summed E-state index contributed by atoms with van der Waals surface area (Å²) in [5.74, 6) is 5.77. The predicted octanol–water partition coefficient (Wildman–Crippen LogP) is 3.56. The molecular formula is C13H18ClFN2. The van der Waals surface area contributed by atoms with Gasteiger partial charge in [0, 0.05) is 10.6 Å². The topological polar surface area (TPSA) is 38.0 Å². The van der Waals surface area contributed by atoms with E-state index in [2.05, 4.69) is 5.43 Å². The Balaban J connectivity index is 2.24. The fourth-order valence-corrected chi connectivity index (χ4v) is 2.88. The van der Waals surface area contributed by atoms with Crippen LogP contribution in [0.3, 0.4) is 0 Å². The van der Waals surface area contributed by atoms with Gasteiger partial charge in [-0.05, 0) is 37.0 Å². The van der Waals surface area contributed by atoms with Crippen LogP contribution < -0.4 is 11.3 Å². The molecule has 2 nitrogen and oxygen atoms in total. The van der Waals surface area contributed by atoms with Crippen LogP contribution >= 0.6 is 11.6 Å². The summed E-state index contributed by atoms with van der Waals surface area (Å²) >= 11 is 5.92. The van der Waals surface area contributed by atoms with Gasteiger partial charge in [-0.15, -0.1) is 0 Å². The molecule has 1 aliphatic carbocycles. The van der Waals surface area contributed by atoms with Gasteiger partial charge in [0.05, 0.1) is 6.04 Å². The van der Waals surface area contributed by atoms with Gasteiger partial charge in [-0.25, -0.2) is 4.39 Å². The Kier molecular flexibility index (Phi) is 4.37. The molecule has 94 valence electrons. The van der Waals surface area contributed by atoms with Gasteiger partial charge < -0.3 is 0 Å². The first kappa shape index (κ1) is 12.8. The van der Waals surface area contributed by atoms with Crippen molar-refractivity contribution in [2.75, 3.05) is 0 Å². The highest BCUT2D eigenvalue weighted by Gasteiger charge is 2.26. The minimum absolute atomic E-state index is 0.131. The number of hydrogen-bond acceptors (Lipinski definition) is 2. The van der Waals surface area contributed by atoms with Gasteiger partial charge in [0.1, 0.15) is 5.82 Å². The Morgan fingerprint density at radius 2 is 2.00 bits per heavy atom. The van der Waals surface area contributed by atoms with Crippen molar-refractivity contribution in [3.63, 3.8) is 0 Å². The van der Waals surface area contributed by atoms with E-state index in [1.165, 1.54) is 25.3 Å². The number of nitrogens with two attached hydrogens (primary N) is 1. The summed E-state index contributed by atoms with van der Waals surface area (Å²) in [4.78, 5) is 0. The molecule has 0 aromatic heterocycles. The highest BCUT2D eigenvalue weighted by molar-refractivity contribution is 6.30. The zero-order valence-electron chi connectivity index (χ0n) is 9.76. The molecule has 1 saturated carbocycles. The largest absolute Gasteiger partial charge is 0.271 e. The van der Waals surface area contributed by atoms with Crippen molar-refractivity contribution in [2.45, 2.75) is 38.1 Å². The van der Waals surface area contributed by atoms with Crippen LogP contribution in [0.4, 0.5) is 4.39 Å². The Morgan fingerprint density at radius 3 is 2.65 bits per heavy atom. The lowest BCUT2D eigenvalue weighted by atomic mass is 9.81. The Morgan fingerprint density at radius 1 is 1.29 bits per heavy atom. The maximum atomic E-state index is 13.8. The molecule has 0 radical (unpaired) electrons. The molecule has 1 aromatic rings. The van der Waals surface area contributed by atoms with Gasteiger partial charge in [-0.1, -0.05) is 30.9 Å². The quantitative estimate of drug-likeness (QED) is 0.641. The van der Waals surface area contributed by atoms with Crippen LogP contribution in [0.5, 0.6) is 0 Å². The summed E-state index contributed by atoms with van der Waals surface area (Å²) in [5, 5.41) is 0.553. The molecule has 4 heteroatoms. The fourth-order valence-electron chi connectivity index (χ4n) is 2.70. The normalized spacial score (nSPS) is 19.2. The van der Waals surface area contributed by atoms with E-state index in [4.69, 9.17) is 17.4 Å². The van der Waals surface area contributed by atoms with Crippen LogP contribution in [0.25, 0.3) is 0 Å². The minimum atomic E-state index is -0.233. The van der Waals surface area contributed by atoms with Crippen LogP contribution in [-0.4, -0.2) is 0 Å². The average Bonchev–Trinajstić information content (AvgIpc) is 2.36. The zero-order chi connectivity index (χ0) is 12.3. The molecule has 1 fully saturated rings. The lowest BCUT2D eigenvalue weighted by molar-refractivity contribution is 0.269. The van der Waals surface area contributed by atoms with Crippen molar-refractivity contribution < 1.29 is 4.39 Å². The molecular weight excluding hydrogens is 239 g/mol. The third-order valence-electron chi connectivity index (χ3n) is 3.59. The fraction of sp³-hybridized carbons (Fsp3) is 0.538. The van der Waals surface area contributed by atoms with Gasteiger partial charge >= 0.3 is 0 Å². The van der Waals surface area contributed by atoms with Crippen LogP contribution in [0, 0.1) is 11.7 Å². The second-order valence-corrected chi connectivity index (χ2v) is 5.14. The van der Waals surface area contributed by atoms with Crippen LogP contribution in [0.2, 0.25) is 5.02 Å². The highest BCUT2D eigenvalue weighted by atomic mass is 35.5. The van der Waals surface area contributed by atoms with E-state index in [0.717, 1.165) is 12.8 Å². The van der Waals surface area contributed by atoms with E-state index in [1.807, 2.05) is 0 Å².